The molecule has 5 heteroatoms. The van der Waals surface area contributed by atoms with Crippen LogP contribution in [-0.4, -0.2) is 19.7 Å². The molecule has 26 heavy (non-hydrogen) atoms. The van der Waals surface area contributed by atoms with Gasteiger partial charge in [-0.3, -0.25) is 9.55 Å². The van der Waals surface area contributed by atoms with Crippen LogP contribution in [-0.2, 0) is 19.3 Å². The molecule has 0 atom stereocenters. The summed E-state index contributed by atoms with van der Waals surface area (Å²) in [5.41, 5.74) is 6.69. The number of nitrogens with zero attached hydrogens (tertiary/aromatic N) is 4. The van der Waals surface area contributed by atoms with Crippen LogP contribution < -0.4 is 0 Å². The molecule has 3 heterocycles. The lowest BCUT2D eigenvalue weighted by Crippen LogP contribution is -2.16. The molecule has 2 aromatic heterocycles. The molecule has 4 nitrogen and oxygen atoms in total. The molecule has 0 N–H and O–H groups in total. The zero-order valence-corrected chi connectivity index (χ0v) is 15.1. The number of aromatic nitrogens is 4. The van der Waals surface area contributed by atoms with Gasteiger partial charge in [-0.1, -0.05) is 6.92 Å². The first-order valence-electron chi connectivity index (χ1n) is 9.38. The van der Waals surface area contributed by atoms with Crippen molar-refractivity contribution in [2.75, 3.05) is 0 Å². The molecule has 132 valence electrons. The van der Waals surface area contributed by atoms with Gasteiger partial charge < -0.3 is 0 Å². The number of halogens is 1. The molecule has 0 radical (unpaired) electrons. The Labute approximate surface area is 152 Å². The van der Waals surface area contributed by atoms with E-state index in [9.17, 15) is 4.39 Å². The van der Waals surface area contributed by atoms with Gasteiger partial charge in [0, 0.05) is 18.2 Å². The third-order valence-electron chi connectivity index (χ3n) is 5.64. The number of benzene rings is 1. The molecular formula is C21H21FN4. The molecule has 1 aliphatic heterocycles. The Morgan fingerprint density at radius 2 is 2.00 bits per heavy atom. The highest BCUT2D eigenvalue weighted by Crippen LogP contribution is 2.46. The molecule has 3 aromatic rings. The van der Waals surface area contributed by atoms with Crippen molar-refractivity contribution in [2.45, 2.75) is 51.9 Å². The first-order chi connectivity index (χ1) is 12.7. The molecule has 1 saturated carbocycles. The second-order valence-corrected chi connectivity index (χ2v) is 7.35. The van der Waals surface area contributed by atoms with E-state index in [4.69, 9.17) is 0 Å². The Morgan fingerprint density at radius 3 is 2.77 bits per heavy atom. The van der Waals surface area contributed by atoms with Crippen molar-refractivity contribution in [1.82, 2.24) is 19.7 Å². The Balaban J connectivity index is 1.76. The minimum Gasteiger partial charge on any atom is -0.283 e. The van der Waals surface area contributed by atoms with E-state index in [-0.39, 0.29) is 5.82 Å². The van der Waals surface area contributed by atoms with Gasteiger partial charge in [-0.15, -0.1) is 10.2 Å². The van der Waals surface area contributed by atoms with Crippen molar-refractivity contribution in [2.24, 2.45) is 0 Å². The molecule has 0 amide bonds. The summed E-state index contributed by atoms with van der Waals surface area (Å²) in [4.78, 5) is 4.11. The van der Waals surface area contributed by atoms with Crippen LogP contribution in [0, 0.1) is 12.7 Å². The van der Waals surface area contributed by atoms with Crippen molar-refractivity contribution in [3.63, 3.8) is 0 Å². The van der Waals surface area contributed by atoms with Crippen LogP contribution in [0.4, 0.5) is 4.39 Å². The van der Waals surface area contributed by atoms with Crippen LogP contribution in [0.3, 0.4) is 0 Å². The maximum Gasteiger partial charge on any atom is 0.145 e. The van der Waals surface area contributed by atoms with Crippen LogP contribution in [0.5, 0.6) is 0 Å². The summed E-state index contributed by atoms with van der Waals surface area (Å²) in [6.45, 7) is 4.01. The van der Waals surface area contributed by atoms with E-state index in [0.717, 1.165) is 41.2 Å². The molecule has 0 spiro atoms. The topological polar surface area (TPSA) is 43.6 Å². The molecule has 0 saturated heterocycles. The summed E-state index contributed by atoms with van der Waals surface area (Å²) in [6, 6.07) is 4.47. The van der Waals surface area contributed by atoms with E-state index >= 15 is 0 Å². The summed E-state index contributed by atoms with van der Waals surface area (Å²) in [6.07, 6.45) is 8.06. The van der Waals surface area contributed by atoms with Gasteiger partial charge in [-0.25, -0.2) is 4.39 Å². The normalized spacial score (nSPS) is 15.7. The van der Waals surface area contributed by atoms with Gasteiger partial charge in [0.1, 0.15) is 17.5 Å². The predicted octanol–water partition coefficient (Wildman–Crippen LogP) is 4.32. The molecule has 0 unspecified atom stereocenters. The monoisotopic (exact) mass is 348 g/mol. The van der Waals surface area contributed by atoms with E-state index in [1.165, 1.54) is 35.9 Å². The largest absolute Gasteiger partial charge is 0.283 e. The highest BCUT2D eigenvalue weighted by Gasteiger charge is 2.32. The fraction of sp³-hybridized carbons (Fsp3) is 0.381. The fourth-order valence-electron chi connectivity index (χ4n) is 4.22. The van der Waals surface area contributed by atoms with Crippen molar-refractivity contribution < 1.29 is 4.39 Å². The maximum absolute atomic E-state index is 14.3. The van der Waals surface area contributed by atoms with Crippen LogP contribution in [0.15, 0.2) is 24.5 Å². The SMILES string of the molecule is CCc1c(F)cncc1-c1cc2c(c(C3CC3)c1)-n1c(C)nnc1CC2. The quantitative estimate of drug-likeness (QED) is 0.708. The minimum atomic E-state index is -0.215. The molecule has 0 bridgehead atoms. The van der Waals surface area contributed by atoms with Crippen molar-refractivity contribution in [1.29, 1.82) is 0 Å². The Bertz CT molecular complexity index is 1020. The fourth-order valence-corrected chi connectivity index (χ4v) is 4.22. The van der Waals surface area contributed by atoms with E-state index in [1.54, 1.807) is 6.20 Å². The van der Waals surface area contributed by atoms with Gasteiger partial charge in [-0.05, 0) is 72.9 Å². The Morgan fingerprint density at radius 1 is 1.15 bits per heavy atom. The molecule has 2 aliphatic rings. The highest BCUT2D eigenvalue weighted by atomic mass is 19.1. The van der Waals surface area contributed by atoms with E-state index in [1.807, 2.05) is 13.8 Å². The third kappa shape index (κ3) is 2.30. The zero-order chi connectivity index (χ0) is 17.8. The molecule has 1 fully saturated rings. The number of hydrogen-bond donors (Lipinski definition) is 0. The lowest BCUT2D eigenvalue weighted by molar-refractivity contribution is 0.606. The van der Waals surface area contributed by atoms with E-state index in [2.05, 4.69) is 31.9 Å². The first-order valence-corrected chi connectivity index (χ1v) is 9.38. The summed E-state index contributed by atoms with van der Waals surface area (Å²) in [5.74, 6) is 2.36. The van der Waals surface area contributed by atoms with E-state index in [0.29, 0.717) is 12.3 Å². The average Bonchev–Trinajstić information content (AvgIpc) is 3.43. The van der Waals surface area contributed by atoms with Crippen LogP contribution in [0.25, 0.3) is 16.8 Å². The summed E-state index contributed by atoms with van der Waals surface area (Å²) >= 11 is 0. The van der Waals surface area contributed by atoms with Gasteiger partial charge in [-0.2, -0.15) is 0 Å². The summed E-state index contributed by atoms with van der Waals surface area (Å²) < 4.78 is 16.5. The van der Waals surface area contributed by atoms with Gasteiger partial charge >= 0.3 is 0 Å². The molecule has 1 aromatic carbocycles. The van der Waals surface area contributed by atoms with Crippen LogP contribution >= 0.6 is 0 Å². The van der Waals surface area contributed by atoms with Gasteiger partial charge in [0.2, 0.25) is 0 Å². The predicted molar refractivity (Wildman–Crippen MR) is 98.0 cm³/mol. The Hall–Kier alpha value is -2.56. The van der Waals surface area contributed by atoms with Gasteiger partial charge in [0.05, 0.1) is 11.9 Å². The number of hydrogen-bond acceptors (Lipinski definition) is 3. The minimum absolute atomic E-state index is 0.215. The first kappa shape index (κ1) is 15.7. The van der Waals surface area contributed by atoms with E-state index < -0.39 is 0 Å². The van der Waals surface area contributed by atoms with Crippen molar-refractivity contribution in [3.8, 4) is 16.8 Å². The smallest absolute Gasteiger partial charge is 0.145 e. The summed E-state index contributed by atoms with van der Waals surface area (Å²) in [5, 5.41) is 8.64. The lowest BCUT2D eigenvalue weighted by Gasteiger charge is -2.24. The number of aryl methyl sites for hydroxylation is 3. The van der Waals surface area contributed by atoms with Crippen LogP contribution in [0.2, 0.25) is 0 Å². The number of rotatable bonds is 3. The zero-order valence-electron chi connectivity index (χ0n) is 15.1. The maximum atomic E-state index is 14.3. The lowest BCUT2D eigenvalue weighted by atomic mass is 9.90. The summed E-state index contributed by atoms with van der Waals surface area (Å²) in [7, 11) is 0. The highest BCUT2D eigenvalue weighted by molar-refractivity contribution is 5.72. The second kappa shape index (κ2) is 5.73. The molecule has 1 aliphatic carbocycles. The third-order valence-corrected chi connectivity index (χ3v) is 5.64. The van der Waals surface area contributed by atoms with Gasteiger partial charge in [0.15, 0.2) is 0 Å². The van der Waals surface area contributed by atoms with Crippen LogP contribution in [0.1, 0.15) is 54.0 Å². The average molecular weight is 348 g/mol. The van der Waals surface area contributed by atoms with Gasteiger partial charge in [0.25, 0.3) is 0 Å². The standard InChI is InChI=1S/C21H21FN4/c1-3-16-18(10-23-11-19(16)22)15-8-14-6-7-20-25-24-12(2)26(20)21(14)17(9-15)13-4-5-13/h8-11,13H,3-7H2,1-2H3. The van der Waals surface area contributed by atoms with Crippen molar-refractivity contribution in [3.05, 3.63) is 58.7 Å². The second-order valence-electron chi connectivity index (χ2n) is 7.35. The molecular weight excluding hydrogens is 327 g/mol. The van der Waals surface area contributed by atoms with Crippen molar-refractivity contribution >= 4 is 0 Å². The Kier molecular flexibility index (Phi) is 3.45. The number of pyridine rings is 1. The number of fused-ring (bicyclic) bond motifs is 3. The molecule has 5 rings (SSSR count).